The molecule has 0 unspecified atom stereocenters. The number of nitrogens with one attached hydrogen (secondary N) is 2. The molecule has 0 saturated carbocycles. The van der Waals surface area contributed by atoms with Gasteiger partial charge in [0.1, 0.15) is 0 Å². The van der Waals surface area contributed by atoms with Gasteiger partial charge in [-0.1, -0.05) is 34.1 Å². The molecule has 2 heterocycles. The van der Waals surface area contributed by atoms with Gasteiger partial charge in [0, 0.05) is 30.1 Å². The van der Waals surface area contributed by atoms with Gasteiger partial charge in [0.25, 0.3) is 0 Å². The van der Waals surface area contributed by atoms with Crippen LogP contribution in [0.2, 0.25) is 0 Å². The lowest BCUT2D eigenvalue weighted by Gasteiger charge is -2.32. The summed E-state index contributed by atoms with van der Waals surface area (Å²) in [6, 6.07) is 7.72. The number of hydrogen-bond acceptors (Lipinski definition) is 5. The number of carbonyl (C=O) groups excluding carboxylic acids is 1. The third kappa shape index (κ3) is 5.51. The Bertz CT molecular complexity index is 860. The highest BCUT2D eigenvalue weighted by molar-refractivity contribution is 9.09. The van der Waals surface area contributed by atoms with Crippen LogP contribution in [0.1, 0.15) is 18.4 Å². The second-order valence-electron chi connectivity index (χ2n) is 6.71. The third-order valence-electron chi connectivity index (χ3n) is 4.44. The van der Waals surface area contributed by atoms with Gasteiger partial charge >= 0.3 is 0 Å². The first-order chi connectivity index (χ1) is 13.5. The summed E-state index contributed by atoms with van der Waals surface area (Å²) < 4.78 is 14.2. The summed E-state index contributed by atoms with van der Waals surface area (Å²) in [5.74, 6) is -0.0905. The minimum Gasteiger partial charge on any atom is -0.363 e. The third-order valence-corrected chi connectivity index (χ3v) is 4.82. The van der Waals surface area contributed by atoms with E-state index in [0.29, 0.717) is 24.4 Å². The van der Waals surface area contributed by atoms with E-state index in [1.54, 1.807) is 17.1 Å². The largest absolute Gasteiger partial charge is 0.363 e. The Kier molecular flexibility index (Phi) is 6.97. The molecule has 1 aliphatic rings. The molecule has 1 fully saturated rings. The van der Waals surface area contributed by atoms with Crippen LogP contribution in [0.25, 0.3) is 0 Å². The number of allylic oxidation sites excluding steroid dienone is 1. The average Bonchev–Trinajstić information content (AvgIpc) is 2.69. The summed E-state index contributed by atoms with van der Waals surface area (Å²) in [5, 5.41) is 6.86. The first kappa shape index (κ1) is 20.3. The highest BCUT2D eigenvalue weighted by atomic mass is 79.9. The molecule has 1 saturated heterocycles. The Balaban J connectivity index is 1.68. The molecule has 148 valence electrons. The van der Waals surface area contributed by atoms with Gasteiger partial charge in [-0.2, -0.15) is 4.98 Å². The number of hydrogen-bond donors (Lipinski definition) is 2. The molecule has 8 heteroatoms. The maximum Gasteiger partial charge on any atom is 0.246 e. The first-order valence-electron chi connectivity index (χ1n) is 9.19. The van der Waals surface area contributed by atoms with E-state index in [-0.39, 0.29) is 17.8 Å². The number of rotatable bonds is 6. The van der Waals surface area contributed by atoms with Gasteiger partial charge in [-0.3, -0.25) is 4.79 Å². The Morgan fingerprint density at radius 1 is 1.46 bits per heavy atom. The minimum absolute atomic E-state index is 0.0316. The van der Waals surface area contributed by atoms with Crippen LogP contribution >= 0.6 is 15.9 Å². The molecule has 1 aromatic heterocycles. The van der Waals surface area contributed by atoms with Crippen molar-refractivity contribution in [1.29, 1.82) is 0 Å². The zero-order chi connectivity index (χ0) is 19.9. The number of aryl methyl sites for hydroxylation is 1. The van der Waals surface area contributed by atoms with E-state index < -0.39 is 5.82 Å². The number of alkyl halides is 1. The number of amides is 1. The number of halogens is 2. The summed E-state index contributed by atoms with van der Waals surface area (Å²) in [6.45, 7) is 3.21. The Morgan fingerprint density at radius 3 is 3.11 bits per heavy atom. The van der Waals surface area contributed by atoms with Crippen LogP contribution in [-0.4, -0.2) is 45.2 Å². The van der Waals surface area contributed by atoms with Crippen molar-refractivity contribution in [3.05, 3.63) is 54.0 Å². The summed E-state index contributed by atoms with van der Waals surface area (Å²) >= 11 is 3.27. The molecule has 1 aromatic carbocycles. The van der Waals surface area contributed by atoms with E-state index in [4.69, 9.17) is 0 Å². The summed E-state index contributed by atoms with van der Waals surface area (Å²) in [7, 11) is 0. The number of benzene rings is 1. The molecule has 6 nitrogen and oxygen atoms in total. The summed E-state index contributed by atoms with van der Waals surface area (Å²) in [4.78, 5) is 22.3. The first-order valence-corrected chi connectivity index (χ1v) is 10.3. The molecule has 2 N–H and O–H groups in total. The SMILES string of the molecule is Cc1cccc(Nc2ncc(F)c(N[C@@H]3CCCN(C(=O)/C=C/CBr)C3)n2)c1. The highest BCUT2D eigenvalue weighted by Crippen LogP contribution is 2.20. The van der Waals surface area contributed by atoms with Gasteiger partial charge in [0.2, 0.25) is 11.9 Å². The lowest BCUT2D eigenvalue weighted by Crippen LogP contribution is -2.44. The van der Waals surface area contributed by atoms with Crippen molar-refractivity contribution >= 4 is 39.3 Å². The van der Waals surface area contributed by atoms with E-state index in [0.717, 1.165) is 30.3 Å². The Morgan fingerprint density at radius 2 is 2.32 bits per heavy atom. The summed E-state index contributed by atoms with van der Waals surface area (Å²) in [6.07, 6.45) is 6.18. The Labute approximate surface area is 172 Å². The van der Waals surface area contributed by atoms with E-state index >= 15 is 0 Å². The van der Waals surface area contributed by atoms with Crippen LogP contribution in [0, 0.1) is 12.7 Å². The van der Waals surface area contributed by atoms with Crippen molar-refractivity contribution in [1.82, 2.24) is 14.9 Å². The van der Waals surface area contributed by atoms with Crippen LogP contribution in [0.5, 0.6) is 0 Å². The number of likely N-dealkylation sites (tertiary alicyclic amines) is 1. The van der Waals surface area contributed by atoms with Crippen molar-refractivity contribution in [2.24, 2.45) is 0 Å². The van der Waals surface area contributed by atoms with Crippen LogP contribution in [0.4, 0.5) is 21.8 Å². The van der Waals surface area contributed by atoms with Gasteiger partial charge in [-0.25, -0.2) is 9.37 Å². The molecule has 1 atom stereocenters. The van der Waals surface area contributed by atoms with E-state index in [9.17, 15) is 9.18 Å². The topological polar surface area (TPSA) is 70.2 Å². The van der Waals surface area contributed by atoms with E-state index in [1.807, 2.05) is 31.2 Å². The van der Waals surface area contributed by atoms with E-state index in [2.05, 4.69) is 36.5 Å². The quantitative estimate of drug-likeness (QED) is 0.516. The van der Waals surface area contributed by atoms with E-state index in [1.165, 1.54) is 0 Å². The molecule has 0 aliphatic carbocycles. The fourth-order valence-electron chi connectivity index (χ4n) is 3.12. The molecule has 0 radical (unpaired) electrons. The molecular weight excluding hydrogens is 425 g/mol. The van der Waals surface area contributed by atoms with Crippen molar-refractivity contribution in [3.8, 4) is 0 Å². The fourth-order valence-corrected chi connectivity index (χ4v) is 3.31. The average molecular weight is 448 g/mol. The summed E-state index contributed by atoms with van der Waals surface area (Å²) in [5.41, 5.74) is 1.94. The number of nitrogens with zero attached hydrogens (tertiary/aromatic N) is 3. The molecule has 1 amide bonds. The number of anilines is 3. The fraction of sp³-hybridized carbons (Fsp3) is 0.350. The van der Waals surface area contributed by atoms with Gasteiger partial charge in [0.05, 0.1) is 6.20 Å². The molecule has 0 spiro atoms. The molecular formula is C20H23BrFN5O. The van der Waals surface area contributed by atoms with Gasteiger partial charge in [0.15, 0.2) is 11.6 Å². The maximum atomic E-state index is 14.2. The highest BCUT2D eigenvalue weighted by Gasteiger charge is 2.23. The molecule has 28 heavy (non-hydrogen) atoms. The predicted octanol–water partition coefficient (Wildman–Crippen LogP) is 4.02. The van der Waals surface area contributed by atoms with Gasteiger partial charge in [-0.15, -0.1) is 0 Å². The zero-order valence-electron chi connectivity index (χ0n) is 15.7. The number of carbonyl (C=O) groups is 1. The molecule has 3 rings (SSSR count). The van der Waals surface area contributed by atoms with Gasteiger partial charge < -0.3 is 15.5 Å². The lowest BCUT2D eigenvalue weighted by molar-refractivity contribution is -0.127. The molecule has 2 aromatic rings. The number of piperidine rings is 1. The normalized spacial score (nSPS) is 17.0. The standard InChI is InChI=1S/C20H23BrFN5O/c1-14-5-2-6-15(11-14)25-20-23-12-17(22)19(26-20)24-16-7-4-10-27(13-16)18(28)8-3-9-21/h2-3,5-6,8,11-12,16H,4,7,9-10,13H2,1H3,(H2,23,24,25,26)/b8-3+/t16-/m1/s1. The lowest BCUT2D eigenvalue weighted by atomic mass is 10.1. The van der Waals surface area contributed by atoms with Crippen molar-refractivity contribution in [2.45, 2.75) is 25.8 Å². The van der Waals surface area contributed by atoms with Crippen LogP contribution in [0.3, 0.4) is 0 Å². The monoisotopic (exact) mass is 447 g/mol. The Hall–Kier alpha value is -2.48. The smallest absolute Gasteiger partial charge is 0.246 e. The molecule has 0 bridgehead atoms. The van der Waals surface area contributed by atoms with Crippen molar-refractivity contribution in [3.63, 3.8) is 0 Å². The van der Waals surface area contributed by atoms with Crippen molar-refractivity contribution in [2.75, 3.05) is 29.1 Å². The zero-order valence-corrected chi connectivity index (χ0v) is 17.2. The van der Waals surface area contributed by atoms with Crippen LogP contribution in [0.15, 0.2) is 42.6 Å². The minimum atomic E-state index is -0.516. The number of aromatic nitrogens is 2. The van der Waals surface area contributed by atoms with Crippen LogP contribution in [-0.2, 0) is 4.79 Å². The molecule has 1 aliphatic heterocycles. The predicted molar refractivity (Wildman–Crippen MR) is 113 cm³/mol. The van der Waals surface area contributed by atoms with Gasteiger partial charge in [-0.05, 0) is 43.5 Å². The second-order valence-corrected chi connectivity index (χ2v) is 7.36. The van der Waals surface area contributed by atoms with Crippen LogP contribution < -0.4 is 10.6 Å². The maximum absolute atomic E-state index is 14.2. The second kappa shape index (κ2) is 9.64. The van der Waals surface area contributed by atoms with Crippen molar-refractivity contribution < 1.29 is 9.18 Å².